The summed E-state index contributed by atoms with van der Waals surface area (Å²) in [6.07, 6.45) is 0.105. The summed E-state index contributed by atoms with van der Waals surface area (Å²) in [5.41, 5.74) is 39.0. The molecule has 0 saturated carbocycles. The second-order valence-corrected chi connectivity index (χ2v) is 21.1. The molecule has 2 aliphatic rings. The molecule has 10 atom stereocenters. The minimum atomic E-state index is -1.71. The Morgan fingerprint density at radius 3 is 1.73 bits per heavy atom. The van der Waals surface area contributed by atoms with E-state index in [0.29, 0.717) is 18.4 Å². The number of carbonyl (C=O) groups is 10. The fourth-order valence-electron chi connectivity index (χ4n) is 9.21. The maximum Gasteiger partial charge on any atom is 0.326 e. The van der Waals surface area contributed by atoms with Gasteiger partial charge in [-0.05, 0) is 69.3 Å². The van der Waals surface area contributed by atoms with Gasteiger partial charge in [-0.3, -0.25) is 58.1 Å². The van der Waals surface area contributed by atoms with Gasteiger partial charge in [0.05, 0.1) is 25.3 Å². The van der Waals surface area contributed by atoms with E-state index in [9.17, 15) is 63.3 Å². The standard InChI is InChI=1S/C51H85N19O13S/c1-27(2)20-33(41(75)65-32(48(82)83)14-8-18-61-51(57)58)66-44(78)36(26-84)68-43(77)35(25-71)67-42(76)34(21-28-10-4-3-5-11-28)63-39(73)23-62-45(79)38-22-29(72)24-70(38)47(81)37-15-9-19-69(37)46(80)31(13-7-17-60-50(55)56)64-40(74)30(52)12-6-16-59-49(53)54/h3-5,10-11,27,29-38,71-72,84H,6-9,12-26,52H2,1-2H3,(H,62,79)(H,63,73)(H,64,74)(H,65,75)(H,66,78)(H,67,76)(H,68,77)(H,82,83)(H4,53,54,59)(H4,55,56,60)(H4,57,58,61)/t29-,30-,31+,32+,33+,34+,35+,36-,37+,38+/m1/s1. The number of benzene rings is 1. The van der Waals surface area contributed by atoms with Gasteiger partial charge in [-0.15, -0.1) is 0 Å². The fraction of sp³-hybridized carbons (Fsp3) is 0.627. The molecule has 0 aliphatic carbocycles. The van der Waals surface area contributed by atoms with Crippen LogP contribution in [0.3, 0.4) is 0 Å². The molecular formula is C51H85N19O13S. The average molecular weight is 1200 g/mol. The maximum absolute atomic E-state index is 14.3. The van der Waals surface area contributed by atoms with E-state index < -0.39 is 133 Å². The van der Waals surface area contributed by atoms with Crippen LogP contribution in [0.25, 0.3) is 0 Å². The molecule has 0 aromatic heterocycles. The number of thiol groups is 1. The van der Waals surface area contributed by atoms with E-state index in [1.165, 1.54) is 4.90 Å². The highest BCUT2D eigenvalue weighted by molar-refractivity contribution is 7.80. The van der Waals surface area contributed by atoms with Crippen LogP contribution in [0.2, 0.25) is 0 Å². The highest BCUT2D eigenvalue weighted by Crippen LogP contribution is 2.27. The predicted molar refractivity (Wildman–Crippen MR) is 311 cm³/mol. The Bertz CT molecular complexity index is 2500. The van der Waals surface area contributed by atoms with Gasteiger partial charge in [0.2, 0.25) is 53.2 Å². The van der Waals surface area contributed by atoms with E-state index in [1.54, 1.807) is 44.2 Å². The first-order chi connectivity index (χ1) is 39.8. The van der Waals surface area contributed by atoms with Crippen LogP contribution in [0.1, 0.15) is 83.6 Å². The van der Waals surface area contributed by atoms with Crippen LogP contribution in [0, 0.1) is 5.92 Å². The zero-order chi connectivity index (χ0) is 62.6. The van der Waals surface area contributed by atoms with E-state index in [-0.39, 0.29) is 120 Å². The number of nitrogens with zero attached hydrogens (tertiary/aromatic N) is 5. The van der Waals surface area contributed by atoms with Gasteiger partial charge in [0.1, 0.15) is 48.3 Å². The number of aliphatic carboxylic acids is 1. The SMILES string of the molecule is CC(C)C[C@H](NC(=O)[C@@H](CS)NC(=O)[C@H](CO)NC(=O)[C@H](Cc1ccccc1)NC(=O)CNC(=O)[C@@H]1C[C@@H](O)CN1C(=O)[C@@H]1CCCN1C(=O)[C@H](CCCN=C(N)N)NC(=O)[C@H](N)CCCN=C(N)N)C(=O)N[C@@H](CCCN=C(N)N)C(=O)O. The largest absolute Gasteiger partial charge is 0.480 e. The van der Waals surface area contributed by atoms with E-state index >= 15 is 0 Å². The zero-order valence-electron chi connectivity index (χ0n) is 47.3. The molecule has 0 radical (unpaired) electrons. The van der Waals surface area contributed by atoms with Gasteiger partial charge in [-0.2, -0.15) is 12.6 Å². The molecule has 468 valence electrons. The molecule has 3 rings (SSSR count). The van der Waals surface area contributed by atoms with E-state index in [0.717, 1.165) is 4.90 Å². The van der Waals surface area contributed by atoms with Gasteiger partial charge in [-0.1, -0.05) is 44.2 Å². The number of hydrogen-bond acceptors (Lipinski definition) is 17. The van der Waals surface area contributed by atoms with Crippen LogP contribution in [0.4, 0.5) is 0 Å². The van der Waals surface area contributed by atoms with Crippen molar-refractivity contribution in [3.8, 4) is 0 Å². The predicted octanol–water partition coefficient (Wildman–Crippen LogP) is -7.25. The monoisotopic (exact) mass is 1200 g/mol. The van der Waals surface area contributed by atoms with Crippen molar-refractivity contribution in [1.82, 2.24) is 47.0 Å². The smallest absolute Gasteiger partial charge is 0.326 e. The molecule has 2 saturated heterocycles. The minimum absolute atomic E-state index is 0.0412. The lowest BCUT2D eigenvalue weighted by Gasteiger charge is -2.33. The van der Waals surface area contributed by atoms with Crippen molar-refractivity contribution in [3.63, 3.8) is 0 Å². The average Bonchev–Trinajstić information content (AvgIpc) is 2.84. The lowest BCUT2D eigenvalue weighted by atomic mass is 10.0. The molecule has 0 spiro atoms. The third-order valence-corrected chi connectivity index (χ3v) is 13.8. The summed E-state index contributed by atoms with van der Waals surface area (Å²) in [5, 5.41) is 48.2. The summed E-state index contributed by atoms with van der Waals surface area (Å²) in [7, 11) is 0. The maximum atomic E-state index is 14.3. The first kappa shape index (κ1) is 70.2. The minimum Gasteiger partial charge on any atom is -0.480 e. The van der Waals surface area contributed by atoms with Crippen molar-refractivity contribution in [2.75, 3.05) is 51.6 Å². The van der Waals surface area contributed by atoms with Gasteiger partial charge in [0, 0.05) is 51.3 Å². The number of aliphatic hydroxyl groups excluding tert-OH is 2. The van der Waals surface area contributed by atoms with E-state index in [2.05, 4.69) is 64.8 Å². The highest BCUT2D eigenvalue weighted by atomic mass is 32.1. The summed E-state index contributed by atoms with van der Waals surface area (Å²) in [4.78, 5) is 150. The molecule has 84 heavy (non-hydrogen) atoms. The number of nitrogens with two attached hydrogens (primary N) is 7. The number of carboxylic acids is 1. The molecule has 0 unspecified atom stereocenters. The van der Waals surface area contributed by atoms with Crippen LogP contribution >= 0.6 is 12.6 Å². The number of guanidine groups is 3. The van der Waals surface area contributed by atoms with Gasteiger partial charge in [-0.25, -0.2) is 4.79 Å². The number of carbonyl (C=O) groups excluding carboxylic acids is 9. The quantitative estimate of drug-likeness (QED) is 0.0130. The van der Waals surface area contributed by atoms with Crippen molar-refractivity contribution in [2.24, 2.45) is 61.0 Å². The van der Waals surface area contributed by atoms with Gasteiger partial charge in [0.15, 0.2) is 17.9 Å². The number of amides is 9. The number of aliphatic hydroxyl groups is 2. The van der Waals surface area contributed by atoms with Crippen LogP contribution in [0.5, 0.6) is 0 Å². The Kier molecular flexibility index (Phi) is 30.0. The van der Waals surface area contributed by atoms with Gasteiger partial charge < -0.3 is 102 Å². The summed E-state index contributed by atoms with van der Waals surface area (Å²) >= 11 is 4.19. The number of rotatable bonds is 35. The van der Waals surface area contributed by atoms with Crippen LogP contribution in [0.15, 0.2) is 45.3 Å². The molecule has 2 aliphatic heterocycles. The lowest BCUT2D eigenvalue weighted by Crippen LogP contribution is -2.60. The van der Waals surface area contributed by atoms with Crippen LogP contribution in [-0.4, -0.2) is 214 Å². The molecule has 2 fully saturated rings. The number of likely N-dealkylation sites (tertiary alicyclic amines) is 2. The summed E-state index contributed by atoms with van der Waals surface area (Å²) in [5.74, 6) is -9.74. The van der Waals surface area contributed by atoms with E-state index in [1.807, 2.05) is 0 Å². The molecule has 33 heteroatoms. The highest BCUT2D eigenvalue weighted by Gasteiger charge is 2.46. The summed E-state index contributed by atoms with van der Waals surface area (Å²) in [6.45, 7) is 2.06. The first-order valence-corrected chi connectivity index (χ1v) is 28.2. The second-order valence-electron chi connectivity index (χ2n) is 20.7. The molecule has 1 aromatic carbocycles. The Hall–Kier alpha value is -8.04. The Balaban J connectivity index is 1.72. The summed E-state index contributed by atoms with van der Waals surface area (Å²) in [6, 6.07) is -3.46. The normalized spacial score (nSPS) is 18.0. The fourth-order valence-corrected chi connectivity index (χ4v) is 9.46. The molecule has 2 heterocycles. The van der Waals surface area contributed by atoms with Crippen molar-refractivity contribution in [3.05, 3.63) is 35.9 Å². The van der Waals surface area contributed by atoms with Crippen LogP contribution in [-0.2, 0) is 54.4 Å². The number of nitrogens with one attached hydrogen (secondary N) is 7. The Morgan fingerprint density at radius 2 is 1.17 bits per heavy atom. The van der Waals surface area contributed by atoms with Crippen LogP contribution < -0.4 is 77.4 Å². The zero-order valence-corrected chi connectivity index (χ0v) is 48.2. The second kappa shape index (κ2) is 35.8. The Morgan fingerprint density at radius 1 is 0.655 bits per heavy atom. The van der Waals surface area contributed by atoms with Crippen molar-refractivity contribution < 1.29 is 63.3 Å². The summed E-state index contributed by atoms with van der Waals surface area (Å²) < 4.78 is 0. The molecule has 1 aromatic rings. The molecular weight excluding hydrogens is 1120 g/mol. The number of aliphatic imine (C=N–C) groups is 3. The third kappa shape index (κ3) is 24.0. The number of hydrogen-bond donors (Lipinski definition) is 18. The topological polar surface area (TPSA) is 541 Å². The Labute approximate surface area is 491 Å². The van der Waals surface area contributed by atoms with Gasteiger partial charge >= 0.3 is 5.97 Å². The molecule has 0 bridgehead atoms. The number of carboxylic acid groups (broad SMARTS) is 1. The van der Waals surface area contributed by atoms with Crippen molar-refractivity contribution >= 4 is 89.6 Å². The third-order valence-electron chi connectivity index (χ3n) is 13.4. The number of β-amino-alcohol motifs (C(OH)–C–C–N with tert-alkyl or cyclic N) is 1. The van der Waals surface area contributed by atoms with Gasteiger partial charge in [0.25, 0.3) is 0 Å². The first-order valence-electron chi connectivity index (χ1n) is 27.5. The lowest BCUT2D eigenvalue weighted by molar-refractivity contribution is -0.148. The molecule has 32 nitrogen and oxygen atoms in total. The molecule has 9 amide bonds. The van der Waals surface area contributed by atoms with Crippen molar-refractivity contribution in [2.45, 2.75) is 145 Å². The van der Waals surface area contributed by atoms with Crippen molar-refractivity contribution in [1.29, 1.82) is 0 Å². The van der Waals surface area contributed by atoms with E-state index in [4.69, 9.17) is 40.1 Å². The molecule has 24 N–H and O–H groups in total.